The van der Waals surface area contributed by atoms with Gasteiger partial charge in [0.2, 0.25) is 0 Å². The summed E-state index contributed by atoms with van der Waals surface area (Å²) in [6.07, 6.45) is 23.5. The smallest absolute Gasteiger partial charge is 0.252 e. The van der Waals surface area contributed by atoms with Gasteiger partial charge >= 0.3 is 0 Å². The normalized spacial score (nSPS) is 19.1. The first-order valence-electron chi connectivity index (χ1n) is 25.3. The predicted octanol–water partition coefficient (Wildman–Crippen LogP) is 14.5. The molecule has 0 amide bonds. The average molecular weight is 819 g/mol. The standard InChI is InChI=1S/C59H71BN2/c1-38-30-54-56-55(31-38)62(57-48-24-16-14-22-43(48)32-44-23-15-17-25-49(44)57)53-34-42(40-20-12-9-13-21-40)27-29-51(53)60(56)50-28-26-41(39-18-10-8-11-19-39)33-52(50)61(54)47-36-45(58(2,3)4)35-46(37-47)59(5,6)7/h26-37,39-40H,8-25H2,1-7H3. The molecule has 320 valence electrons. The minimum Gasteiger partial charge on any atom is -0.311 e. The van der Waals surface area contributed by atoms with Crippen LogP contribution in [0.3, 0.4) is 0 Å². The summed E-state index contributed by atoms with van der Waals surface area (Å²) in [6.45, 7) is 16.9. The van der Waals surface area contributed by atoms with Crippen LogP contribution in [0.2, 0.25) is 0 Å². The Morgan fingerprint density at radius 3 is 1.44 bits per heavy atom. The van der Waals surface area contributed by atoms with Gasteiger partial charge in [0.1, 0.15) is 0 Å². The maximum Gasteiger partial charge on any atom is 0.252 e. The van der Waals surface area contributed by atoms with Gasteiger partial charge in [0, 0.05) is 28.4 Å². The molecule has 4 aliphatic carbocycles. The average Bonchev–Trinajstić information content (AvgIpc) is 3.27. The van der Waals surface area contributed by atoms with E-state index in [4.69, 9.17) is 0 Å². The summed E-state index contributed by atoms with van der Waals surface area (Å²) in [4.78, 5) is 5.65. The zero-order chi connectivity index (χ0) is 42.5. The topological polar surface area (TPSA) is 6.48 Å². The zero-order valence-electron chi connectivity index (χ0n) is 39.3. The first-order valence-corrected chi connectivity index (χ1v) is 25.3. The van der Waals surface area contributed by atoms with Crippen molar-refractivity contribution in [2.24, 2.45) is 0 Å². The fourth-order valence-corrected chi connectivity index (χ4v) is 13.0. The minimum absolute atomic E-state index is 0.0183. The van der Waals surface area contributed by atoms with Crippen LogP contribution in [0.5, 0.6) is 0 Å². The summed E-state index contributed by atoms with van der Waals surface area (Å²) in [5, 5.41) is 0. The summed E-state index contributed by atoms with van der Waals surface area (Å²) < 4.78 is 0. The van der Waals surface area contributed by atoms with Crippen molar-refractivity contribution < 1.29 is 0 Å². The second-order valence-electron chi connectivity index (χ2n) is 22.8. The molecule has 0 spiro atoms. The Bertz CT molecular complexity index is 2480. The molecular weight excluding hydrogens is 747 g/mol. The quantitative estimate of drug-likeness (QED) is 0.163. The molecule has 2 heterocycles. The summed E-state index contributed by atoms with van der Waals surface area (Å²) in [7, 11) is 0. The van der Waals surface area contributed by atoms with Gasteiger partial charge in [-0.3, -0.25) is 0 Å². The molecule has 0 atom stereocenters. The van der Waals surface area contributed by atoms with Crippen molar-refractivity contribution in [1.29, 1.82) is 0 Å². The molecule has 2 saturated carbocycles. The summed E-state index contributed by atoms with van der Waals surface area (Å²) >= 11 is 0. The molecule has 0 saturated heterocycles. The Morgan fingerprint density at radius 1 is 0.468 bits per heavy atom. The maximum absolute atomic E-state index is 2.89. The van der Waals surface area contributed by atoms with Crippen molar-refractivity contribution in [3.05, 3.63) is 123 Å². The molecule has 0 bridgehead atoms. The maximum atomic E-state index is 2.89. The second-order valence-corrected chi connectivity index (χ2v) is 22.8. The SMILES string of the molecule is Cc1cc2c3c(c1)N(c1c4c(cc5c1CCCC5)CCCC4)c1cc(C4CCCCC4)ccc1B3c1ccc(C3CCCCC3)cc1N2c1cc(C(C)(C)C)cc(C(C)(C)C)c1. The lowest BCUT2D eigenvalue weighted by Crippen LogP contribution is -2.61. The van der Waals surface area contributed by atoms with Crippen LogP contribution in [0.1, 0.15) is 193 Å². The van der Waals surface area contributed by atoms with Crippen LogP contribution < -0.4 is 26.2 Å². The van der Waals surface area contributed by atoms with Crippen LogP contribution in [0, 0.1) is 6.92 Å². The van der Waals surface area contributed by atoms with Gasteiger partial charge in [-0.25, -0.2) is 0 Å². The molecule has 0 aromatic heterocycles. The molecular formula is C59H71BN2. The Kier molecular flexibility index (Phi) is 10.1. The number of rotatable bonds is 4. The molecule has 5 aromatic carbocycles. The van der Waals surface area contributed by atoms with E-state index in [0.717, 1.165) is 0 Å². The largest absolute Gasteiger partial charge is 0.311 e. The lowest BCUT2D eigenvalue weighted by Gasteiger charge is -2.46. The molecule has 0 N–H and O–H groups in total. The number of hydrogen-bond acceptors (Lipinski definition) is 2. The van der Waals surface area contributed by atoms with E-state index in [1.165, 1.54) is 177 Å². The van der Waals surface area contributed by atoms with E-state index in [1.54, 1.807) is 39.1 Å². The number of aryl methyl sites for hydroxylation is 3. The van der Waals surface area contributed by atoms with E-state index in [9.17, 15) is 0 Å². The van der Waals surface area contributed by atoms with Gasteiger partial charge in [-0.15, -0.1) is 0 Å². The third-order valence-electron chi connectivity index (χ3n) is 16.5. The van der Waals surface area contributed by atoms with E-state index in [0.29, 0.717) is 11.8 Å². The van der Waals surface area contributed by atoms with Gasteiger partial charge in [0.15, 0.2) is 0 Å². The lowest BCUT2D eigenvalue weighted by molar-refractivity contribution is 0.444. The van der Waals surface area contributed by atoms with Crippen molar-refractivity contribution in [2.75, 3.05) is 9.80 Å². The van der Waals surface area contributed by atoms with E-state index < -0.39 is 0 Å². The highest BCUT2D eigenvalue weighted by atomic mass is 15.2. The third kappa shape index (κ3) is 6.89. The monoisotopic (exact) mass is 819 g/mol. The summed E-state index contributed by atoms with van der Waals surface area (Å²) in [6, 6.07) is 31.2. The zero-order valence-corrected chi connectivity index (χ0v) is 39.3. The van der Waals surface area contributed by atoms with Crippen molar-refractivity contribution in [1.82, 2.24) is 0 Å². The van der Waals surface area contributed by atoms with Crippen LogP contribution in [0.15, 0.2) is 72.8 Å². The van der Waals surface area contributed by atoms with Gasteiger partial charge in [-0.05, 0) is 209 Å². The number of fused-ring (bicyclic) bond motifs is 6. The Hall–Kier alpha value is -4.24. The van der Waals surface area contributed by atoms with Gasteiger partial charge in [0.25, 0.3) is 6.71 Å². The second kappa shape index (κ2) is 15.5. The minimum atomic E-state index is 0.0183. The number of benzene rings is 5. The highest BCUT2D eigenvalue weighted by molar-refractivity contribution is 7.00. The van der Waals surface area contributed by atoms with E-state index in [2.05, 4.69) is 131 Å². The Labute approximate surface area is 375 Å². The van der Waals surface area contributed by atoms with E-state index in [1.807, 2.05) is 0 Å². The number of anilines is 6. The molecule has 5 aromatic rings. The Morgan fingerprint density at radius 2 is 0.935 bits per heavy atom. The molecule has 6 aliphatic rings. The molecule has 0 unspecified atom stereocenters. The fourth-order valence-electron chi connectivity index (χ4n) is 13.0. The lowest BCUT2D eigenvalue weighted by atomic mass is 9.33. The van der Waals surface area contributed by atoms with Gasteiger partial charge in [-0.2, -0.15) is 0 Å². The molecule has 3 heteroatoms. The van der Waals surface area contributed by atoms with Gasteiger partial charge in [-0.1, -0.05) is 116 Å². The van der Waals surface area contributed by atoms with Crippen molar-refractivity contribution in [3.8, 4) is 0 Å². The third-order valence-corrected chi connectivity index (χ3v) is 16.5. The van der Waals surface area contributed by atoms with Crippen molar-refractivity contribution in [3.63, 3.8) is 0 Å². The first kappa shape index (κ1) is 40.5. The summed E-state index contributed by atoms with van der Waals surface area (Å²) in [5.41, 5.74) is 27.0. The molecule has 2 aliphatic heterocycles. The Balaban J connectivity index is 1.22. The van der Waals surface area contributed by atoms with E-state index >= 15 is 0 Å². The number of nitrogens with zero attached hydrogens (tertiary/aromatic N) is 2. The fraction of sp³-hybridized carbons (Fsp3) is 0.492. The van der Waals surface area contributed by atoms with E-state index in [-0.39, 0.29) is 17.5 Å². The highest BCUT2D eigenvalue weighted by Gasteiger charge is 2.45. The molecule has 0 radical (unpaired) electrons. The van der Waals surface area contributed by atoms with Crippen molar-refractivity contribution in [2.45, 2.75) is 187 Å². The first-order chi connectivity index (χ1) is 29.9. The van der Waals surface area contributed by atoms with Crippen molar-refractivity contribution >= 4 is 57.2 Å². The van der Waals surface area contributed by atoms with Crippen LogP contribution in [0.25, 0.3) is 0 Å². The van der Waals surface area contributed by atoms with Crippen LogP contribution >= 0.6 is 0 Å². The van der Waals surface area contributed by atoms with Gasteiger partial charge in [0.05, 0.1) is 5.69 Å². The molecule has 62 heavy (non-hydrogen) atoms. The number of hydrogen-bond donors (Lipinski definition) is 0. The van der Waals surface area contributed by atoms with Crippen LogP contribution in [0.4, 0.5) is 34.1 Å². The van der Waals surface area contributed by atoms with Crippen LogP contribution in [-0.4, -0.2) is 6.71 Å². The summed E-state index contributed by atoms with van der Waals surface area (Å²) in [5.74, 6) is 1.29. The highest BCUT2D eigenvalue weighted by Crippen LogP contribution is 2.51. The van der Waals surface area contributed by atoms with Gasteiger partial charge < -0.3 is 9.80 Å². The molecule has 2 fully saturated rings. The predicted molar refractivity (Wildman–Crippen MR) is 268 cm³/mol. The molecule has 11 rings (SSSR count). The molecule has 2 nitrogen and oxygen atoms in total. The van der Waals surface area contributed by atoms with Crippen LogP contribution in [-0.2, 0) is 36.5 Å².